The molecule has 0 fully saturated rings. The SMILES string of the molecule is CCCCC(NCc1ncccc1CC)C(=O)O. The van der Waals surface area contributed by atoms with Crippen molar-refractivity contribution in [2.45, 2.75) is 52.1 Å². The average Bonchev–Trinajstić information content (AvgIpc) is 2.38. The van der Waals surface area contributed by atoms with Gasteiger partial charge < -0.3 is 5.11 Å². The first kappa shape index (κ1) is 14.6. The summed E-state index contributed by atoms with van der Waals surface area (Å²) in [6.07, 6.45) is 5.26. The van der Waals surface area contributed by atoms with Crippen molar-refractivity contribution in [2.24, 2.45) is 0 Å². The van der Waals surface area contributed by atoms with Crippen LogP contribution in [0.25, 0.3) is 0 Å². The Morgan fingerprint density at radius 1 is 1.50 bits per heavy atom. The molecule has 4 heteroatoms. The van der Waals surface area contributed by atoms with Crippen LogP contribution < -0.4 is 5.32 Å². The number of carboxylic acid groups (broad SMARTS) is 1. The molecule has 0 saturated carbocycles. The van der Waals surface area contributed by atoms with Crippen LogP contribution >= 0.6 is 0 Å². The third-order valence-electron chi connectivity index (χ3n) is 3.03. The summed E-state index contributed by atoms with van der Waals surface area (Å²) in [5, 5.41) is 12.2. The number of unbranched alkanes of at least 4 members (excludes halogenated alkanes) is 1. The highest BCUT2D eigenvalue weighted by Crippen LogP contribution is 2.07. The van der Waals surface area contributed by atoms with Crippen molar-refractivity contribution < 1.29 is 9.90 Å². The van der Waals surface area contributed by atoms with Gasteiger partial charge in [-0.05, 0) is 24.5 Å². The van der Waals surface area contributed by atoms with Crippen LogP contribution in [0.15, 0.2) is 18.3 Å². The van der Waals surface area contributed by atoms with Gasteiger partial charge in [0.15, 0.2) is 0 Å². The lowest BCUT2D eigenvalue weighted by Crippen LogP contribution is -2.36. The summed E-state index contributed by atoms with van der Waals surface area (Å²) in [4.78, 5) is 15.4. The van der Waals surface area contributed by atoms with Crippen LogP contribution in [0.1, 0.15) is 44.4 Å². The first-order chi connectivity index (χ1) is 8.69. The number of nitrogens with one attached hydrogen (secondary N) is 1. The number of hydrogen-bond donors (Lipinski definition) is 2. The minimum atomic E-state index is -0.780. The van der Waals surface area contributed by atoms with Crippen LogP contribution in [-0.4, -0.2) is 22.1 Å². The number of nitrogens with zero attached hydrogens (tertiary/aromatic N) is 1. The first-order valence-corrected chi connectivity index (χ1v) is 6.58. The van der Waals surface area contributed by atoms with Gasteiger partial charge in [-0.1, -0.05) is 32.8 Å². The van der Waals surface area contributed by atoms with Crippen molar-refractivity contribution >= 4 is 5.97 Å². The lowest BCUT2D eigenvalue weighted by molar-refractivity contribution is -0.139. The molecule has 4 nitrogen and oxygen atoms in total. The number of aliphatic carboxylic acids is 1. The molecule has 1 aromatic heterocycles. The van der Waals surface area contributed by atoms with Crippen LogP contribution in [0.4, 0.5) is 0 Å². The van der Waals surface area contributed by atoms with E-state index in [1.165, 1.54) is 5.56 Å². The summed E-state index contributed by atoms with van der Waals surface area (Å²) in [6, 6.07) is 3.47. The van der Waals surface area contributed by atoms with Crippen molar-refractivity contribution in [3.63, 3.8) is 0 Å². The third-order valence-corrected chi connectivity index (χ3v) is 3.03. The Bertz CT molecular complexity index is 380. The van der Waals surface area contributed by atoms with Gasteiger partial charge in [0, 0.05) is 12.7 Å². The molecule has 0 aliphatic heterocycles. The van der Waals surface area contributed by atoms with Gasteiger partial charge in [-0.2, -0.15) is 0 Å². The monoisotopic (exact) mass is 250 g/mol. The summed E-state index contributed by atoms with van der Waals surface area (Å²) in [7, 11) is 0. The van der Waals surface area contributed by atoms with E-state index in [9.17, 15) is 4.79 Å². The summed E-state index contributed by atoms with van der Waals surface area (Å²) in [5.41, 5.74) is 2.12. The van der Waals surface area contributed by atoms with E-state index in [4.69, 9.17) is 5.11 Å². The molecular weight excluding hydrogens is 228 g/mol. The molecule has 0 aliphatic carbocycles. The maximum absolute atomic E-state index is 11.1. The van der Waals surface area contributed by atoms with Crippen LogP contribution in [-0.2, 0) is 17.8 Å². The van der Waals surface area contributed by atoms with Gasteiger partial charge in [0.2, 0.25) is 0 Å². The lowest BCUT2D eigenvalue weighted by atomic mass is 10.1. The molecule has 1 atom stereocenters. The Balaban J connectivity index is 2.58. The number of rotatable bonds is 8. The van der Waals surface area contributed by atoms with E-state index in [0.29, 0.717) is 13.0 Å². The Morgan fingerprint density at radius 2 is 2.28 bits per heavy atom. The second-order valence-corrected chi connectivity index (χ2v) is 4.38. The minimum Gasteiger partial charge on any atom is -0.480 e. The maximum Gasteiger partial charge on any atom is 0.320 e. The topological polar surface area (TPSA) is 62.2 Å². The van der Waals surface area contributed by atoms with Gasteiger partial charge >= 0.3 is 5.97 Å². The van der Waals surface area contributed by atoms with E-state index < -0.39 is 12.0 Å². The van der Waals surface area contributed by atoms with E-state index in [2.05, 4.69) is 24.1 Å². The standard InChI is InChI=1S/C14H22N2O2/c1-3-5-8-12(14(17)18)16-10-13-11(4-2)7-6-9-15-13/h6-7,9,12,16H,3-5,8,10H2,1-2H3,(H,17,18). The highest BCUT2D eigenvalue weighted by Gasteiger charge is 2.16. The second-order valence-electron chi connectivity index (χ2n) is 4.38. The normalized spacial score (nSPS) is 12.3. The van der Waals surface area contributed by atoms with Crippen LogP contribution in [0.3, 0.4) is 0 Å². The van der Waals surface area contributed by atoms with Gasteiger partial charge in [-0.3, -0.25) is 15.1 Å². The Morgan fingerprint density at radius 3 is 2.89 bits per heavy atom. The molecule has 0 aromatic carbocycles. The number of aromatic nitrogens is 1. The zero-order valence-corrected chi connectivity index (χ0v) is 11.1. The molecule has 1 rings (SSSR count). The molecule has 0 spiro atoms. The predicted molar refractivity (Wildman–Crippen MR) is 71.4 cm³/mol. The average molecular weight is 250 g/mol. The third kappa shape index (κ3) is 4.45. The molecule has 18 heavy (non-hydrogen) atoms. The smallest absolute Gasteiger partial charge is 0.320 e. The number of aryl methyl sites for hydroxylation is 1. The summed E-state index contributed by atoms with van der Waals surface area (Å²) in [6.45, 7) is 4.66. The summed E-state index contributed by atoms with van der Waals surface area (Å²) in [5.74, 6) is -0.780. The van der Waals surface area contributed by atoms with Crippen LogP contribution in [0.5, 0.6) is 0 Å². The maximum atomic E-state index is 11.1. The first-order valence-electron chi connectivity index (χ1n) is 6.58. The van der Waals surface area contributed by atoms with Gasteiger partial charge in [0.05, 0.1) is 5.69 Å². The molecule has 0 bridgehead atoms. The fourth-order valence-electron chi connectivity index (χ4n) is 1.89. The lowest BCUT2D eigenvalue weighted by Gasteiger charge is -2.14. The Kier molecular flexibility index (Phi) is 6.36. The van der Waals surface area contributed by atoms with E-state index in [0.717, 1.165) is 25.0 Å². The van der Waals surface area contributed by atoms with Crippen molar-refractivity contribution in [1.82, 2.24) is 10.3 Å². The van der Waals surface area contributed by atoms with E-state index in [1.807, 2.05) is 12.1 Å². The van der Waals surface area contributed by atoms with E-state index in [-0.39, 0.29) is 0 Å². The van der Waals surface area contributed by atoms with E-state index in [1.54, 1.807) is 6.20 Å². The highest BCUT2D eigenvalue weighted by atomic mass is 16.4. The molecule has 1 unspecified atom stereocenters. The number of hydrogen-bond acceptors (Lipinski definition) is 3. The molecule has 1 heterocycles. The van der Waals surface area contributed by atoms with Crippen molar-refractivity contribution in [2.75, 3.05) is 0 Å². The molecule has 0 aliphatic rings. The molecular formula is C14H22N2O2. The van der Waals surface area contributed by atoms with Crippen LogP contribution in [0, 0.1) is 0 Å². The van der Waals surface area contributed by atoms with Gasteiger partial charge in [0.1, 0.15) is 6.04 Å². The number of carboxylic acids is 1. The fraction of sp³-hybridized carbons (Fsp3) is 0.571. The largest absolute Gasteiger partial charge is 0.480 e. The van der Waals surface area contributed by atoms with Gasteiger partial charge in [-0.25, -0.2) is 0 Å². The fourth-order valence-corrected chi connectivity index (χ4v) is 1.89. The summed E-state index contributed by atoms with van der Waals surface area (Å²) < 4.78 is 0. The zero-order chi connectivity index (χ0) is 13.4. The Hall–Kier alpha value is -1.42. The highest BCUT2D eigenvalue weighted by molar-refractivity contribution is 5.73. The van der Waals surface area contributed by atoms with Crippen LogP contribution in [0.2, 0.25) is 0 Å². The molecule has 0 saturated heterocycles. The minimum absolute atomic E-state index is 0.475. The predicted octanol–water partition coefficient (Wildman–Crippen LogP) is 2.38. The number of pyridine rings is 1. The number of carbonyl (C=O) groups is 1. The zero-order valence-electron chi connectivity index (χ0n) is 11.1. The van der Waals surface area contributed by atoms with Crippen molar-refractivity contribution in [1.29, 1.82) is 0 Å². The van der Waals surface area contributed by atoms with Crippen molar-refractivity contribution in [3.05, 3.63) is 29.6 Å². The Labute approximate surface area is 108 Å². The molecule has 100 valence electrons. The molecule has 0 radical (unpaired) electrons. The van der Waals surface area contributed by atoms with Crippen molar-refractivity contribution in [3.8, 4) is 0 Å². The molecule has 1 aromatic rings. The second kappa shape index (κ2) is 7.82. The molecule has 2 N–H and O–H groups in total. The molecule has 0 amide bonds. The quantitative estimate of drug-likeness (QED) is 0.743. The summed E-state index contributed by atoms with van der Waals surface area (Å²) >= 11 is 0. The van der Waals surface area contributed by atoms with Gasteiger partial charge in [-0.15, -0.1) is 0 Å². The van der Waals surface area contributed by atoms with E-state index >= 15 is 0 Å². The van der Waals surface area contributed by atoms with Gasteiger partial charge in [0.25, 0.3) is 0 Å².